The molecule has 1 aliphatic heterocycles. The maximum Gasteiger partial charge on any atom is 0.261 e. The first-order chi connectivity index (χ1) is 19.2. The number of fused-ring (bicyclic) bond motifs is 1. The molecule has 0 aliphatic carbocycles. The van der Waals surface area contributed by atoms with Gasteiger partial charge in [0.15, 0.2) is 5.78 Å². The van der Waals surface area contributed by atoms with Crippen molar-refractivity contribution in [1.82, 2.24) is 10.3 Å². The molecule has 202 valence electrons. The lowest BCUT2D eigenvalue weighted by atomic mass is 9.85. The van der Waals surface area contributed by atoms with E-state index in [9.17, 15) is 9.59 Å². The second-order valence-corrected chi connectivity index (χ2v) is 10.5. The molecule has 0 fully saturated rings. The van der Waals surface area contributed by atoms with E-state index in [1.165, 1.54) is 0 Å². The van der Waals surface area contributed by atoms with Crippen LogP contribution in [0.15, 0.2) is 91.1 Å². The number of hydrogen-bond acceptors (Lipinski definition) is 6. The molecule has 0 saturated carbocycles. The average molecular weight is 554 g/mol. The summed E-state index contributed by atoms with van der Waals surface area (Å²) >= 11 is 5.94. The largest absolute Gasteiger partial charge is 0.497 e. The molecule has 0 atom stereocenters. The molecule has 4 aromatic rings. The quantitative estimate of drug-likeness (QED) is 0.190. The van der Waals surface area contributed by atoms with Gasteiger partial charge >= 0.3 is 0 Å². The number of carbonyl (C=O) groups excluding carboxylic acids is 2. The molecule has 0 bridgehead atoms. The van der Waals surface area contributed by atoms with E-state index >= 15 is 0 Å². The van der Waals surface area contributed by atoms with Crippen molar-refractivity contribution in [3.63, 3.8) is 0 Å². The standard InChI is InChI=1S/C32H28ClN3O4/c1-32(2)19-21-8-13-25(39-3)17-27(21)28(36-32)18-29(37)20-6-11-23(12-7-20)35-30(38)26-5-4-16-34-31(26)40-24-14-9-22(33)10-15-24/h4-18,36H,19H2,1-3H3,(H,35,38)/b28-18-. The minimum Gasteiger partial charge on any atom is -0.497 e. The van der Waals surface area contributed by atoms with E-state index in [2.05, 4.69) is 29.5 Å². The van der Waals surface area contributed by atoms with Gasteiger partial charge in [0, 0.05) is 45.3 Å². The zero-order chi connectivity index (χ0) is 28.3. The summed E-state index contributed by atoms with van der Waals surface area (Å²) in [6.07, 6.45) is 3.99. The van der Waals surface area contributed by atoms with Crippen molar-refractivity contribution in [3.8, 4) is 17.4 Å². The van der Waals surface area contributed by atoms with Crippen LogP contribution in [0.5, 0.6) is 17.4 Å². The van der Waals surface area contributed by atoms with E-state index in [1.54, 1.807) is 80.0 Å². The number of rotatable bonds is 7. The van der Waals surface area contributed by atoms with Gasteiger partial charge in [0.2, 0.25) is 5.88 Å². The first-order valence-corrected chi connectivity index (χ1v) is 13.1. The van der Waals surface area contributed by atoms with Gasteiger partial charge in [-0.1, -0.05) is 17.7 Å². The van der Waals surface area contributed by atoms with Crippen LogP contribution in [0, 0.1) is 0 Å². The van der Waals surface area contributed by atoms with Crippen LogP contribution >= 0.6 is 11.6 Å². The summed E-state index contributed by atoms with van der Waals surface area (Å²) in [6, 6.07) is 22.7. The Labute approximate surface area is 237 Å². The lowest BCUT2D eigenvalue weighted by molar-refractivity contribution is 0.102. The molecule has 1 aliphatic rings. The Morgan fingerprint density at radius 1 is 1.00 bits per heavy atom. The number of ether oxygens (including phenoxy) is 2. The molecule has 0 saturated heterocycles. The summed E-state index contributed by atoms with van der Waals surface area (Å²) in [5.74, 6) is 0.857. The Hall–Kier alpha value is -4.62. The topological polar surface area (TPSA) is 89.5 Å². The zero-order valence-corrected chi connectivity index (χ0v) is 23.1. The second kappa shape index (κ2) is 11.2. The van der Waals surface area contributed by atoms with Gasteiger partial charge in [-0.2, -0.15) is 0 Å². The van der Waals surface area contributed by atoms with Gasteiger partial charge in [-0.05, 0) is 98.6 Å². The lowest BCUT2D eigenvalue weighted by Gasteiger charge is -2.35. The minimum absolute atomic E-state index is 0.155. The Kier molecular flexibility index (Phi) is 7.58. The fraction of sp³-hybridized carbons (Fsp3) is 0.156. The number of ketones is 1. The average Bonchev–Trinajstić information content (AvgIpc) is 2.94. The molecule has 5 rings (SSSR count). The highest BCUT2D eigenvalue weighted by Gasteiger charge is 2.28. The Bertz CT molecular complexity index is 1600. The molecule has 0 radical (unpaired) electrons. The molecule has 1 amide bonds. The third kappa shape index (κ3) is 6.16. The number of allylic oxidation sites excluding steroid dienone is 1. The Balaban J connectivity index is 1.32. The Morgan fingerprint density at radius 3 is 2.45 bits per heavy atom. The van der Waals surface area contributed by atoms with Crippen LogP contribution in [0.1, 0.15) is 45.7 Å². The number of methoxy groups -OCH3 is 1. The minimum atomic E-state index is -0.391. The van der Waals surface area contributed by atoms with Crippen LogP contribution in [0.25, 0.3) is 5.70 Å². The maximum absolute atomic E-state index is 13.2. The molecule has 1 aromatic heterocycles. The number of pyridine rings is 1. The summed E-state index contributed by atoms with van der Waals surface area (Å²) in [7, 11) is 1.62. The highest BCUT2D eigenvalue weighted by atomic mass is 35.5. The lowest BCUT2D eigenvalue weighted by Crippen LogP contribution is -2.43. The van der Waals surface area contributed by atoms with Crippen molar-refractivity contribution >= 4 is 34.7 Å². The van der Waals surface area contributed by atoms with Gasteiger partial charge in [-0.15, -0.1) is 0 Å². The smallest absolute Gasteiger partial charge is 0.261 e. The third-order valence-corrected chi connectivity index (χ3v) is 6.71. The van der Waals surface area contributed by atoms with E-state index < -0.39 is 5.91 Å². The monoisotopic (exact) mass is 553 g/mol. The van der Waals surface area contributed by atoms with Crippen molar-refractivity contribution in [3.05, 3.63) is 118 Å². The number of amides is 1. The Morgan fingerprint density at radius 2 is 1.73 bits per heavy atom. The fourth-order valence-electron chi connectivity index (χ4n) is 4.54. The summed E-state index contributed by atoms with van der Waals surface area (Å²) in [5, 5.41) is 6.91. The first-order valence-electron chi connectivity index (χ1n) is 12.7. The molecule has 0 spiro atoms. The summed E-state index contributed by atoms with van der Waals surface area (Å²) < 4.78 is 11.2. The van der Waals surface area contributed by atoms with Gasteiger partial charge < -0.3 is 20.1 Å². The molecule has 2 heterocycles. The molecule has 2 N–H and O–H groups in total. The van der Waals surface area contributed by atoms with E-state index in [0.29, 0.717) is 22.0 Å². The van der Waals surface area contributed by atoms with Crippen LogP contribution in [-0.2, 0) is 6.42 Å². The predicted molar refractivity (Wildman–Crippen MR) is 156 cm³/mol. The first kappa shape index (κ1) is 27.0. The molecule has 3 aromatic carbocycles. The van der Waals surface area contributed by atoms with Gasteiger partial charge in [-0.3, -0.25) is 9.59 Å². The molecular formula is C32H28ClN3O4. The highest BCUT2D eigenvalue weighted by molar-refractivity contribution is 6.30. The molecule has 0 unspecified atom stereocenters. The van der Waals surface area contributed by atoms with Crippen molar-refractivity contribution in [2.75, 3.05) is 12.4 Å². The summed E-state index contributed by atoms with van der Waals surface area (Å²) in [5.41, 5.74) is 3.93. The van der Waals surface area contributed by atoms with Crippen LogP contribution in [-0.4, -0.2) is 29.3 Å². The third-order valence-electron chi connectivity index (χ3n) is 6.46. The number of halogens is 1. The maximum atomic E-state index is 13.2. The van der Waals surface area contributed by atoms with Gasteiger partial charge in [0.25, 0.3) is 5.91 Å². The van der Waals surface area contributed by atoms with Crippen molar-refractivity contribution in [1.29, 1.82) is 0 Å². The number of anilines is 1. The van der Waals surface area contributed by atoms with E-state index in [1.807, 2.05) is 18.2 Å². The number of carbonyl (C=O) groups is 2. The number of benzene rings is 3. The van der Waals surface area contributed by atoms with Crippen LogP contribution in [0.4, 0.5) is 5.69 Å². The number of nitrogens with zero attached hydrogens (tertiary/aromatic N) is 1. The summed E-state index contributed by atoms with van der Waals surface area (Å²) in [6.45, 7) is 4.20. The van der Waals surface area contributed by atoms with E-state index in [0.717, 1.165) is 29.0 Å². The molecule has 8 heteroatoms. The van der Waals surface area contributed by atoms with E-state index in [-0.39, 0.29) is 22.8 Å². The number of nitrogens with one attached hydrogen (secondary N) is 2. The van der Waals surface area contributed by atoms with Gasteiger partial charge in [0.1, 0.15) is 17.1 Å². The molecular weight excluding hydrogens is 526 g/mol. The molecule has 7 nitrogen and oxygen atoms in total. The normalized spacial score (nSPS) is 14.6. The number of hydrogen-bond donors (Lipinski definition) is 2. The van der Waals surface area contributed by atoms with Crippen LogP contribution in [0.3, 0.4) is 0 Å². The van der Waals surface area contributed by atoms with Crippen LogP contribution in [0.2, 0.25) is 5.02 Å². The van der Waals surface area contributed by atoms with Crippen molar-refractivity contribution < 1.29 is 19.1 Å². The van der Waals surface area contributed by atoms with Crippen molar-refractivity contribution in [2.45, 2.75) is 25.8 Å². The second-order valence-electron chi connectivity index (χ2n) is 10.1. The summed E-state index contributed by atoms with van der Waals surface area (Å²) in [4.78, 5) is 30.5. The van der Waals surface area contributed by atoms with Crippen molar-refractivity contribution in [2.24, 2.45) is 0 Å². The van der Waals surface area contributed by atoms with Gasteiger partial charge in [-0.25, -0.2) is 4.98 Å². The van der Waals surface area contributed by atoms with E-state index in [4.69, 9.17) is 21.1 Å². The van der Waals surface area contributed by atoms with Gasteiger partial charge in [0.05, 0.1) is 7.11 Å². The van der Waals surface area contributed by atoms with Crippen LogP contribution < -0.4 is 20.1 Å². The SMILES string of the molecule is COc1ccc2c(c1)/C(=C/C(=O)c1ccc(NC(=O)c3cccnc3Oc3ccc(Cl)cc3)cc1)NC(C)(C)C2. The number of aromatic nitrogens is 1. The highest BCUT2D eigenvalue weighted by Crippen LogP contribution is 2.32. The zero-order valence-electron chi connectivity index (χ0n) is 22.3. The predicted octanol–water partition coefficient (Wildman–Crippen LogP) is 6.94. The fourth-order valence-corrected chi connectivity index (χ4v) is 4.67. The molecule has 40 heavy (non-hydrogen) atoms.